The lowest BCUT2D eigenvalue weighted by atomic mass is 10.1. The summed E-state index contributed by atoms with van der Waals surface area (Å²) in [5.74, 6) is -2.96. The third-order valence-electron chi connectivity index (χ3n) is 4.86. The lowest BCUT2D eigenvalue weighted by Crippen LogP contribution is -2.24. The van der Waals surface area contributed by atoms with Gasteiger partial charge in [-0.05, 0) is 22.4 Å². The molecule has 0 atom stereocenters. The van der Waals surface area contributed by atoms with E-state index < -0.39 is 17.8 Å². The van der Waals surface area contributed by atoms with Crippen LogP contribution in [0.4, 0.5) is 11.5 Å². The number of carbonyl (C=O) groups excluding carboxylic acids is 3. The first-order chi connectivity index (χ1) is 17.4. The average Bonchev–Trinajstić information content (AvgIpc) is 3.48. The minimum atomic E-state index is -1.39. The number of nitrogens with two attached hydrogens (primary N) is 2. The Kier molecular flexibility index (Phi) is 6.62. The van der Waals surface area contributed by atoms with Gasteiger partial charge in [-0.25, -0.2) is 10.1 Å². The third-order valence-corrected chi connectivity index (χ3v) is 4.86. The third kappa shape index (κ3) is 4.84. The van der Waals surface area contributed by atoms with Crippen molar-refractivity contribution in [2.75, 3.05) is 11.1 Å². The number of hydrogen-bond donors (Lipinski definition) is 4. The summed E-state index contributed by atoms with van der Waals surface area (Å²) in [7, 11) is 0. The van der Waals surface area contributed by atoms with Crippen LogP contribution in [0, 0.1) is 0 Å². The summed E-state index contributed by atoms with van der Waals surface area (Å²) in [5.41, 5.74) is 14.2. The van der Waals surface area contributed by atoms with E-state index in [0.29, 0.717) is 5.69 Å². The highest BCUT2D eigenvalue weighted by atomic mass is 16.6. The molecule has 0 aliphatic carbocycles. The summed E-state index contributed by atoms with van der Waals surface area (Å²) in [4.78, 5) is 35.8. The van der Waals surface area contributed by atoms with Gasteiger partial charge in [-0.2, -0.15) is 9.78 Å². The maximum absolute atomic E-state index is 12.9. The highest BCUT2D eigenvalue weighted by Gasteiger charge is 2.24. The molecule has 0 radical (unpaired) electrons. The van der Waals surface area contributed by atoms with Gasteiger partial charge in [0.2, 0.25) is 11.6 Å². The fourth-order valence-corrected chi connectivity index (χ4v) is 3.18. The molecule has 0 saturated carbocycles. The number of carboxylic acid groups (broad SMARTS) is 1. The number of aromatic nitrogens is 5. The number of nitrogen functional groups attached to an aromatic ring is 1. The second-order valence-electron chi connectivity index (χ2n) is 7.11. The van der Waals surface area contributed by atoms with E-state index in [0.717, 1.165) is 10.9 Å². The Bertz CT molecular complexity index is 1480. The lowest BCUT2D eigenvalue weighted by Gasteiger charge is -2.11. The number of hydrogen-bond acceptors (Lipinski definition) is 12. The number of nitrogens with zero attached hydrogens (tertiary/aromatic N) is 6. The molecule has 2 aromatic carbocycles. The number of nitrogens with one attached hydrogen (secondary N) is 2. The first-order valence-corrected chi connectivity index (χ1v) is 10.2. The molecule has 2 heterocycles. The van der Waals surface area contributed by atoms with Gasteiger partial charge in [-0.3, -0.25) is 9.59 Å². The van der Waals surface area contributed by atoms with Gasteiger partial charge in [0.05, 0.1) is 30.0 Å². The summed E-state index contributed by atoms with van der Waals surface area (Å²) < 4.78 is 5.74. The predicted octanol–water partition coefficient (Wildman–Crippen LogP) is -0.929. The van der Waals surface area contributed by atoms with Crippen LogP contribution in [0.15, 0.2) is 58.3 Å². The Hall–Kier alpha value is -5.60. The van der Waals surface area contributed by atoms with Crippen molar-refractivity contribution in [2.45, 2.75) is 6.54 Å². The zero-order chi connectivity index (χ0) is 25.7. The molecule has 4 aromatic rings. The van der Waals surface area contributed by atoms with Crippen LogP contribution in [-0.4, -0.2) is 49.3 Å². The number of primary amides is 1. The highest BCUT2D eigenvalue weighted by Crippen LogP contribution is 2.19. The van der Waals surface area contributed by atoms with E-state index in [-0.39, 0.29) is 46.3 Å². The Morgan fingerprint density at radius 1 is 1.08 bits per heavy atom. The van der Waals surface area contributed by atoms with Crippen LogP contribution in [0.2, 0.25) is 0 Å². The second kappa shape index (κ2) is 10.1. The molecule has 15 heteroatoms. The molecule has 0 aliphatic rings. The van der Waals surface area contributed by atoms with Gasteiger partial charge in [0.25, 0.3) is 11.8 Å². The number of rotatable bonds is 9. The van der Waals surface area contributed by atoms with Crippen molar-refractivity contribution < 1.29 is 24.1 Å². The first kappa shape index (κ1) is 23.6. The van der Waals surface area contributed by atoms with Gasteiger partial charge in [-0.15, -0.1) is 5.10 Å². The van der Waals surface area contributed by atoms with Crippen molar-refractivity contribution in [3.8, 4) is 5.82 Å². The SMILES string of the molecule is NC(=O)c1ccccc1NCc1c(C(=O)NN=Cc2ccccc2C(=O)[O-])nnn1-c1nonc1N. The quantitative estimate of drug-likeness (QED) is 0.166. The van der Waals surface area contributed by atoms with Crippen molar-refractivity contribution in [1.29, 1.82) is 0 Å². The zero-order valence-corrected chi connectivity index (χ0v) is 18.3. The van der Waals surface area contributed by atoms with E-state index in [4.69, 9.17) is 11.5 Å². The molecule has 2 aromatic heterocycles. The minimum absolute atomic E-state index is 0.0204. The Morgan fingerprint density at radius 3 is 2.50 bits per heavy atom. The first-order valence-electron chi connectivity index (χ1n) is 10.2. The van der Waals surface area contributed by atoms with Crippen LogP contribution in [0.25, 0.3) is 5.82 Å². The molecule has 0 bridgehead atoms. The molecule has 0 saturated heterocycles. The van der Waals surface area contributed by atoms with Gasteiger partial charge in [0.1, 0.15) is 0 Å². The zero-order valence-electron chi connectivity index (χ0n) is 18.3. The average molecular weight is 489 g/mol. The molecule has 182 valence electrons. The van der Waals surface area contributed by atoms with E-state index in [1.165, 1.54) is 24.3 Å². The number of anilines is 2. The van der Waals surface area contributed by atoms with E-state index in [1.807, 2.05) is 0 Å². The van der Waals surface area contributed by atoms with E-state index >= 15 is 0 Å². The Balaban J connectivity index is 1.62. The molecule has 0 unspecified atom stereocenters. The normalized spacial score (nSPS) is 10.9. The van der Waals surface area contributed by atoms with Crippen molar-refractivity contribution >= 4 is 35.5 Å². The van der Waals surface area contributed by atoms with Crippen LogP contribution < -0.4 is 27.3 Å². The van der Waals surface area contributed by atoms with Gasteiger partial charge in [0, 0.05) is 16.8 Å². The van der Waals surface area contributed by atoms with Crippen molar-refractivity contribution in [3.63, 3.8) is 0 Å². The maximum Gasteiger partial charge on any atom is 0.293 e. The Labute approximate surface area is 201 Å². The molecule has 0 fully saturated rings. The standard InChI is InChI=1S/C21H18N10O5/c22-17-19(29-36-28-17)31-15(10-24-14-8-4-3-7-13(14)18(23)32)16(26-30-31)20(33)27-25-9-11-5-1-2-6-12(11)21(34)35/h1-9,24H,10H2,(H2,22,28)(H2,23,32)(H,27,33)(H,34,35)/p-1. The van der Waals surface area contributed by atoms with Crippen LogP contribution in [0.3, 0.4) is 0 Å². The molecule has 36 heavy (non-hydrogen) atoms. The summed E-state index contributed by atoms with van der Waals surface area (Å²) in [6, 6.07) is 12.5. The minimum Gasteiger partial charge on any atom is -0.545 e. The number of carbonyl (C=O) groups is 3. The molecular formula is C21H17N10O5-. The van der Waals surface area contributed by atoms with Crippen LogP contribution >= 0.6 is 0 Å². The second-order valence-corrected chi connectivity index (χ2v) is 7.11. The van der Waals surface area contributed by atoms with Crippen LogP contribution in [-0.2, 0) is 6.54 Å². The fraction of sp³-hybridized carbons (Fsp3) is 0.0476. The summed E-state index contributed by atoms with van der Waals surface area (Å²) in [5, 5.41) is 33.0. The number of hydrazone groups is 1. The highest BCUT2D eigenvalue weighted by molar-refractivity contribution is 5.99. The molecule has 15 nitrogen and oxygen atoms in total. The number of aromatic carboxylic acids is 1. The molecule has 6 N–H and O–H groups in total. The van der Waals surface area contributed by atoms with Crippen molar-refractivity contribution in [3.05, 3.63) is 76.6 Å². The van der Waals surface area contributed by atoms with E-state index in [9.17, 15) is 19.5 Å². The van der Waals surface area contributed by atoms with Gasteiger partial charge >= 0.3 is 0 Å². The molecule has 4 rings (SSSR count). The van der Waals surface area contributed by atoms with Gasteiger partial charge < -0.3 is 26.7 Å². The Morgan fingerprint density at radius 2 is 1.81 bits per heavy atom. The maximum atomic E-state index is 12.9. The molecule has 2 amide bonds. The smallest absolute Gasteiger partial charge is 0.293 e. The number of benzene rings is 2. The predicted molar refractivity (Wildman–Crippen MR) is 122 cm³/mol. The number of carboxylic acids is 1. The van der Waals surface area contributed by atoms with Crippen LogP contribution in [0.1, 0.15) is 42.5 Å². The monoisotopic (exact) mass is 489 g/mol. The van der Waals surface area contributed by atoms with E-state index in [1.54, 1.807) is 24.3 Å². The van der Waals surface area contributed by atoms with Crippen molar-refractivity contribution in [1.82, 2.24) is 30.7 Å². The topological polar surface area (TPSA) is 232 Å². The lowest BCUT2D eigenvalue weighted by molar-refractivity contribution is -0.255. The summed E-state index contributed by atoms with van der Waals surface area (Å²) in [6.07, 6.45) is 1.15. The fourth-order valence-electron chi connectivity index (χ4n) is 3.18. The number of amides is 2. The van der Waals surface area contributed by atoms with Crippen LogP contribution in [0.5, 0.6) is 0 Å². The summed E-state index contributed by atoms with van der Waals surface area (Å²) >= 11 is 0. The number of para-hydroxylation sites is 1. The van der Waals surface area contributed by atoms with Gasteiger partial charge in [0.15, 0.2) is 5.69 Å². The van der Waals surface area contributed by atoms with E-state index in [2.05, 4.69) is 41.1 Å². The van der Waals surface area contributed by atoms with Gasteiger partial charge in [-0.1, -0.05) is 41.6 Å². The largest absolute Gasteiger partial charge is 0.545 e. The summed E-state index contributed by atoms with van der Waals surface area (Å²) in [6.45, 7) is -0.0798. The molecule has 0 aliphatic heterocycles. The molecular weight excluding hydrogens is 472 g/mol. The molecule has 0 spiro atoms. The van der Waals surface area contributed by atoms with Crippen molar-refractivity contribution in [2.24, 2.45) is 10.8 Å².